The van der Waals surface area contributed by atoms with E-state index in [1.54, 1.807) is 0 Å². The number of rotatable bonds is 10. The summed E-state index contributed by atoms with van der Waals surface area (Å²) in [6.45, 7) is 5.10. The van der Waals surface area contributed by atoms with E-state index in [0.29, 0.717) is 25.0 Å². The molecule has 0 aliphatic rings. The van der Waals surface area contributed by atoms with Gasteiger partial charge in [-0.25, -0.2) is 0 Å². The van der Waals surface area contributed by atoms with Crippen molar-refractivity contribution in [2.24, 2.45) is 0 Å². The molecule has 3 rings (SSSR count). The van der Waals surface area contributed by atoms with Gasteiger partial charge in [0.25, 0.3) is 0 Å². The minimum Gasteiger partial charge on any atom is -0.481 e. The Morgan fingerprint density at radius 3 is 1.25 bits per heavy atom. The van der Waals surface area contributed by atoms with Crippen LogP contribution in [-0.4, -0.2) is 13.2 Å². The van der Waals surface area contributed by atoms with Crippen molar-refractivity contribution in [3.63, 3.8) is 0 Å². The number of benzene rings is 3. The zero-order valence-electron chi connectivity index (χ0n) is 18.9. The van der Waals surface area contributed by atoms with Gasteiger partial charge in [-0.05, 0) is 71.2 Å². The third kappa shape index (κ3) is 6.69. The van der Waals surface area contributed by atoms with E-state index in [9.17, 15) is 0 Å². The van der Waals surface area contributed by atoms with E-state index in [4.69, 9.17) is 22.3 Å². The first-order valence-electron chi connectivity index (χ1n) is 11.0. The second-order valence-electron chi connectivity index (χ2n) is 8.15. The van der Waals surface area contributed by atoms with E-state index >= 15 is 0 Å². The summed E-state index contributed by atoms with van der Waals surface area (Å²) >= 11 is 0. The maximum atomic E-state index is 5.46. The molecule has 0 spiro atoms. The van der Waals surface area contributed by atoms with E-state index in [1.165, 1.54) is 22.3 Å². The monoisotopic (exact) mass is 422 g/mol. The molecule has 0 heterocycles. The molecule has 0 aliphatic carbocycles. The van der Waals surface area contributed by atoms with Crippen LogP contribution in [0.4, 0.5) is 0 Å². The van der Waals surface area contributed by atoms with Gasteiger partial charge in [0.15, 0.2) is 0 Å². The molecule has 0 N–H and O–H groups in total. The summed E-state index contributed by atoms with van der Waals surface area (Å²) in [6.07, 6.45) is 12.5. The molecule has 0 fully saturated rings. The molecule has 0 saturated heterocycles. The van der Waals surface area contributed by atoms with Gasteiger partial charge in [0.1, 0.15) is 24.7 Å². The molecular weight excluding hydrogens is 392 g/mol. The average Bonchev–Trinajstić information content (AvgIpc) is 2.83. The standard InChI is InChI=1S/C30H30O2/c1-5-19-31-29-15-11-27(12-16-29)23(3)21-25-7-9-26(10-8-25)22-24(4)28-13-17-30(18-14-28)32-20-6-2/h1-2,7-18,23-24H,19-22H2,3-4H3. The first-order valence-corrected chi connectivity index (χ1v) is 11.0. The summed E-state index contributed by atoms with van der Waals surface area (Å²) in [5, 5.41) is 0. The third-order valence-corrected chi connectivity index (χ3v) is 5.65. The van der Waals surface area contributed by atoms with Gasteiger partial charge >= 0.3 is 0 Å². The van der Waals surface area contributed by atoms with Crippen molar-refractivity contribution in [3.05, 3.63) is 95.1 Å². The highest BCUT2D eigenvalue weighted by molar-refractivity contribution is 5.33. The Balaban J connectivity index is 1.54. The first-order chi connectivity index (χ1) is 15.6. The second kappa shape index (κ2) is 11.7. The molecule has 2 nitrogen and oxygen atoms in total. The summed E-state index contributed by atoms with van der Waals surface area (Å²) < 4.78 is 10.9. The number of hydrogen-bond acceptors (Lipinski definition) is 2. The van der Waals surface area contributed by atoms with Crippen LogP contribution in [0.2, 0.25) is 0 Å². The summed E-state index contributed by atoms with van der Waals surface area (Å²) in [5.74, 6) is 7.45. The van der Waals surface area contributed by atoms with Gasteiger partial charge in [0, 0.05) is 0 Å². The highest BCUT2D eigenvalue weighted by Crippen LogP contribution is 2.25. The smallest absolute Gasteiger partial charge is 0.148 e. The predicted octanol–water partition coefficient (Wildman–Crippen LogP) is 6.40. The first kappa shape index (κ1) is 23.1. The molecule has 0 aliphatic heterocycles. The van der Waals surface area contributed by atoms with Gasteiger partial charge < -0.3 is 9.47 Å². The molecule has 0 radical (unpaired) electrons. The topological polar surface area (TPSA) is 18.5 Å². The van der Waals surface area contributed by atoms with Gasteiger partial charge in [-0.1, -0.05) is 74.2 Å². The van der Waals surface area contributed by atoms with Gasteiger partial charge in [0.2, 0.25) is 0 Å². The Bertz CT molecular complexity index is 960. The molecule has 2 unspecified atom stereocenters. The zero-order valence-corrected chi connectivity index (χ0v) is 18.9. The molecule has 3 aromatic rings. The van der Waals surface area contributed by atoms with Crippen LogP contribution in [0.1, 0.15) is 47.9 Å². The van der Waals surface area contributed by atoms with E-state index in [1.807, 2.05) is 24.3 Å². The second-order valence-corrected chi connectivity index (χ2v) is 8.15. The quantitative estimate of drug-likeness (QED) is 0.352. The number of hydrogen-bond donors (Lipinski definition) is 0. The highest BCUT2D eigenvalue weighted by atomic mass is 16.5. The Morgan fingerprint density at radius 1 is 0.594 bits per heavy atom. The SMILES string of the molecule is C#CCOc1ccc(C(C)Cc2ccc(CC(C)c3ccc(OCC#C)cc3)cc2)cc1. The molecule has 2 atom stereocenters. The number of ether oxygens (including phenoxy) is 2. The van der Waals surface area contributed by atoms with Crippen molar-refractivity contribution < 1.29 is 9.47 Å². The Hall–Kier alpha value is -3.62. The molecular formula is C30H30O2. The van der Waals surface area contributed by atoms with Crippen LogP contribution >= 0.6 is 0 Å². The fourth-order valence-electron chi connectivity index (χ4n) is 3.79. The third-order valence-electron chi connectivity index (χ3n) is 5.65. The summed E-state index contributed by atoms with van der Waals surface area (Å²) in [7, 11) is 0. The minimum atomic E-state index is 0.298. The Labute approximate surface area is 192 Å². The lowest BCUT2D eigenvalue weighted by molar-refractivity contribution is 0.370. The Kier molecular flexibility index (Phi) is 8.42. The average molecular weight is 423 g/mol. The lowest BCUT2D eigenvalue weighted by Gasteiger charge is -2.15. The van der Waals surface area contributed by atoms with Crippen molar-refractivity contribution in [2.45, 2.75) is 38.5 Å². The van der Waals surface area contributed by atoms with Crippen LogP contribution in [-0.2, 0) is 12.8 Å². The van der Waals surface area contributed by atoms with Crippen LogP contribution in [0.25, 0.3) is 0 Å². The Morgan fingerprint density at radius 2 is 0.938 bits per heavy atom. The van der Waals surface area contributed by atoms with Crippen LogP contribution in [0.5, 0.6) is 11.5 Å². The molecule has 0 amide bonds. The fraction of sp³-hybridized carbons (Fsp3) is 0.267. The number of terminal acetylenes is 2. The predicted molar refractivity (Wildman–Crippen MR) is 132 cm³/mol. The van der Waals surface area contributed by atoms with Gasteiger partial charge in [-0.15, -0.1) is 12.8 Å². The van der Waals surface area contributed by atoms with E-state index in [-0.39, 0.29) is 0 Å². The molecule has 0 bridgehead atoms. The molecule has 0 aromatic heterocycles. The van der Waals surface area contributed by atoms with Gasteiger partial charge in [0.05, 0.1) is 0 Å². The van der Waals surface area contributed by atoms with E-state index in [2.05, 4.69) is 74.2 Å². The van der Waals surface area contributed by atoms with Crippen molar-refractivity contribution in [1.82, 2.24) is 0 Å². The van der Waals surface area contributed by atoms with Crippen molar-refractivity contribution in [3.8, 4) is 36.2 Å². The van der Waals surface area contributed by atoms with Crippen LogP contribution < -0.4 is 9.47 Å². The fourth-order valence-corrected chi connectivity index (χ4v) is 3.79. The van der Waals surface area contributed by atoms with Crippen molar-refractivity contribution in [1.29, 1.82) is 0 Å². The highest BCUT2D eigenvalue weighted by Gasteiger charge is 2.10. The normalized spacial score (nSPS) is 12.2. The van der Waals surface area contributed by atoms with Crippen molar-refractivity contribution in [2.75, 3.05) is 13.2 Å². The molecule has 162 valence electrons. The van der Waals surface area contributed by atoms with Crippen LogP contribution in [0.3, 0.4) is 0 Å². The lowest BCUT2D eigenvalue weighted by atomic mass is 9.91. The lowest BCUT2D eigenvalue weighted by Crippen LogP contribution is -2.01. The summed E-state index contributed by atoms with van der Waals surface area (Å²) in [6, 6.07) is 25.4. The molecule has 2 heteroatoms. The van der Waals surface area contributed by atoms with E-state index in [0.717, 1.165) is 24.3 Å². The summed E-state index contributed by atoms with van der Waals surface area (Å²) in [5.41, 5.74) is 5.28. The molecule has 32 heavy (non-hydrogen) atoms. The molecule has 3 aromatic carbocycles. The van der Waals surface area contributed by atoms with Crippen LogP contribution in [0.15, 0.2) is 72.8 Å². The zero-order chi connectivity index (χ0) is 22.8. The maximum absolute atomic E-state index is 5.46. The summed E-state index contributed by atoms with van der Waals surface area (Å²) in [4.78, 5) is 0. The van der Waals surface area contributed by atoms with Crippen LogP contribution in [0, 0.1) is 24.7 Å². The van der Waals surface area contributed by atoms with Gasteiger partial charge in [-0.2, -0.15) is 0 Å². The minimum absolute atomic E-state index is 0.298. The van der Waals surface area contributed by atoms with E-state index < -0.39 is 0 Å². The van der Waals surface area contributed by atoms with Crippen molar-refractivity contribution >= 4 is 0 Å². The maximum Gasteiger partial charge on any atom is 0.148 e. The largest absolute Gasteiger partial charge is 0.481 e. The molecule has 0 saturated carbocycles. The van der Waals surface area contributed by atoms with Gasteiger partial charge in [-0.3, -0.25) is 0 Å².